The maximum atomic E-state index is 12.8. The first kappa shape index (κ1) is 19.1. The largest absolute Gasteiger partial charge is 0.507 e. The van der Waals surface area contributed by atoms with Crippen LogP contribution in [0.15, 0.2) is 40.9 Å². The van der Waals surface area contributed by atoms with Crippen LogP contribution in [0, 0.1) is 0 Å². The SMILES string of the molecule is O=C(Nc1cc(C(F)(F)F)cc(C(F)(F)F)c1)c1ccc(Br)cc1O. The van der Waals surface area contributed by atoms with Crippen LogP contribution in [0.2, 0.25) is 0 Å². The standard InChI is InChI=1S/C15H8BrF6NO2/c16-9-1-2-11(12(24)6-9)13(25)23-10-4-7(14(17,18)19)3-8(5-10)15(20,21)22/h1-6,24H,(H,23,25). The minimum atomic E-state index is -5.03. The highest BCUT2D eigenvalue weighted by atomic mass is 79.9. The molecule has 0 spiro atoms. The first-order valence-electron chi connectivity index (χ1n) is 6.47. The lowest BCUT2D eigenvalue weighted by Gasteiger charge is -2.15. The fraction of sp³-hybridized carbons (Fsp3) is 0.133. The summed E-state index contributed by atoms with van der Waals surface area (Å²) in [6, 6.07) is 4.40. The van der Waals surface area contributed by atoms with Gasteiger partial charge in [0.2, 0.25) is 0 Å². The molecule has 3 nitrogen and oxygen atoms in total. The second kappa shape index (κ2) is 6.58. The van der Waals surface area contributed by atoms with Crippen molar-refractivity contribution in [3.8, 4) is 5.75 Å². The first-order valence-corrected chi connectivity index (χ1v) is 7.26. The van der Waals surface area contributed by atoms with Crippen LogP contribution in [0.1, 0.15) is 21.5 Å². The van der Waals surface area contributed by atoms with Crippen molar-refractivity contribution < 1.29 is 36.2 Å². The van der Waals surface area contributed by atoms with Crippen molar-refractivity contribution in [2.45, 2.75) is 12.4 Å². The molecule has 25 heavy (non-hydrogen) atoms. The van der Waals surface area contributed by atoms with Crippen LogP contribution in [0.25, 0.3) is 0 Å². The Labute approximate surface area is 145 Å². The summed E-state index contributed by atoms with van der Waals surface area (Å²) in [4.78, 5) is 12.0. The van der Waals surface area contributed by atoms with E-state index in [4.69, 9.17) is 0 Å². The number of hydrogen-bond acceptors (Lipinski definition) is 2. The maximum Gasteiger partial charge on any atom is 0.416 e. The van der Waals surface area contributed by atoms with Crippen molar-refractivity contribution in [1.82, 2.24) is 0 Å². The molecule has 0 fully saturated rings. The molecule has 0 saturated heterocycles. The van der Waals surface area contributed by atoms with E-state index in [9.17, 15) is 36.2 Å². The fourth-order valence-electron chi connectivity index (χ4n) is 1.92. The number of rotatable bonds is 2. The van der Waals surface area contributed by atoms with E-state index in [1.165, 1.54) is 6.07 Å². The summed E-state index contributed by atoms with van der Waals surface area (Å²) >= 11 is 3.03. The van der Waals surface area contributed by atoms with Crippen LogP contribution in [-0.4, -0.2) is 11.0 Å². The van der Waals surface area contributed by atoms with Crippen LogP contribution < -0.4 is 5.32 Å². The topological polar surface area (TPSA) is 49.3 Å². The van der Waals surface area contributed by atoms with E-state index >= 15 is 0 Å². The predicted octanol–water partition coefficient (Wildman–Crippen LogP) is 5.44. The molecular weight excluding hydrogens is 420 g/mol. The van der Waals surface area contributed by atoms with E-state index in [-0.39, 0.29) is 11.6 Å². The maximum absolute atomic E-state index is 12.8. The Balaban J connectivity index is 2.43. The Bertz CT molecular complexity index is 784. The van der Waals surface area contributed by atoms with Gasteiger partial charge < -0.3 is 10.4 Å². The summed E-state index contributed by atoms with van der Waals surface area (Å²) in [5, 5.41) is 11.6. The molecule has 1 amide bonds. The average Bonchev–Trinajstić information content (AvgIpc) is 2.44. The van der Waals surface area contributed by atoms with E-state index < -0.39 is 40.8 Å². The molecule has 0 radical (unpaired) electrons. The van der Waals surface area contributed by atoms with Gasteiger partial charge in [0.05, 0.1) is 16.7 Å². The van der Waals surface area contributed by atoms with Gasteiger partial charge in [0.25, 0.3) is 5.91 Å². The quantitative estimate of drug-likeness (QED) is 0.626. The monoisotopic (exact) mass is 427 g/mol. The molecule has 0 aliphatic rings. The molecule has 2 aromatic rings. The average molecular weight is 428 g/mol. The summed E-state index contributed by atoms with van der Waals surface area (Å²) in [5.74, 6) is -1.55. The highest BCUT2D eigenvalue weighted by Crippen LogP contribution is 2.37. The third kappa shape index (κ3) is 4.65. The Kier molecular flexibility index (Phi) is 5.03. The number of nitrogens with one attached hydrogen (secondary N) is 1. The van der Waals surface area contributed by atoms with Crippen molar-refractivity contribution in [1.29, 1.82) is 0 Å². The third-order valence-corrected chi connectivity index (χ3v) is 3.54. The van der Waals surface area contributed by atoms with E-state index in [0.717, 1.165) is 12.1 Å². The lowest BCUT2D eigenvalue weighted by Crippen LogP contribution is -2.16. The smallest absolute Gasteiger partial charge is 0.416 e. The third-order valence-electron chi connectivity index (χ3n) is 3.05. The Hall–Kier alpha value is -2.23. The van der Waals surface area contributed by atoms with E-state index in [2.05, 4.69) is 15.9 Å². The zero-order chi connectivity index (χ0) is 19.0. The van der Waals surface area contributed by atoms with E-state index in [1.807, 2.05) is 5.32 Å². The second-order valence-corrected chi connectivity index (χ2v) is 5.83. The molecule has 0 saturated carbocycles. The van der Waals surface area contributed by atoms with Crippen LogP contribution in [-0.2, 0) is 12.4 Å². The molecule has 0 aliphatic carbocycles. The number of halogens is 7. The molecule has 0 aliphatic heterocycles. The summed E-state index contributed by atoms with van der Waals surface area (Å²) in [6.07, 6.45) is -10.1. The molecule has 0 heterocycles. The highest BCUT2D eigenvalue weighted by Gasteiger charge is 2.37. The molecule has 0 bridgehead atoms. The van der Waals surface area contributed by atoms with Crippen molar-refractivity contribution >= 4 is 27.5 Å². The summed E-state index contributed by atoms with van der Waals surface area (Å²) in [5.41, 5.74) is -4.13. The Morgan fingerprint density at radius 3 is 1.88 bits per heavy atom. The molecule has 2 rings (SSSR count). The van der Waals surface area contributed by atoms with Crippen LogP contribution in [0.5, 0.6) is 5.75 Å². The lowest BCUT2D eigenvalue weighted by atomic mass is 10.1. The number of benzene rings is 2. The number of hydrogen-bond donors (Lipinski definition) is 2. The number of carbonyl (C=O) groups excluding carboxylic acids is 1. The summed E-state index contributed by atoms with van der Waals surface area (Å²) in [6.45, 7) is 0. The van der Waals surface area contributed by atoms with Crippen molar-refractivity contribution in [2.24, 2.45) is 0 Å². The molecular formula is C15H8BrF6NO2. The summed E-state index contributed by atoms with van der Waals surface area (Å²) in [7, 11) is 0. The highest BCUT2D eigenvalue weighted by molar-refractivity contribution is 9.10. The van der Waals surface area contributed by atoms with Crippen molar-refractivity contribution in [3.05, 3.63) is 57.6 Å². The molecule has 2 aromatic carbocycles. The van der Waals surface area contributed by atoms with Gasteiger partial charge in [-0.05, 0) is 36.4 Å². The van der Waals surface area contributed by atoms with Gasteiger partial charge in [0.1, 0.15) is 5.75 Å². The summed E-state index contributed by atoms with van der Waals surface area (Å²) < 4.78 is 77.1. The normalized spacial score (nSPS) is 12.1. The number of alkyl halides is 6. The number of aromatic hydroxyl groups is 1. The van der Waals surface area contributed by atoms with Crippen LogP contribution in [0.4, 0.5) is 32.0 Å². The van der Waals surface area contributed by atoms with Crippen LogP contribution >= 0.6 is 15.9 Å². The van der Waals surface area contributed by atoms with Gasteiger partial charge in [0.15, 0.2) is 0 Å². The van der Waals surface area contributed by atoms with Crippen molar-refractivity contribution in [2.75, 3.05) is 5.32 Å². The number of anilines is 1. The minimum Gasteiger partial charge on any atom is -0.507 e. The molecule has 0 atom stereocenters. The van der Waals surface area contributed by atoms with Gasteiger partial charge in [-0.15, -0.1) is 0 Å². The Morgan fingerprint density at radius 2 is 1.44 bits per heavy atom. The number of amides is 1. The number of phenolic OH excluding ortho intramolecular Hbond substituents is 1. The lowest BCUT2D eigenvalue weighted by molar-refractivity contribution is -0.143. The van der Waals surface area contributed by atoms with E-state index in [1.54, 1.807) is 0 Å². The number of phenols is 1. The zero-order valence-corrected chi connectivity index (χ0v) is 13.6. The van der Waals surface area contributed by atoms with Gasteiger partial charge in [-0.2, -0.15) is 26.3 Å². The molecule has 0 unspecified atom stereocenters. The molecule has 134 valence electrons. The van der Waals surface area contributed by atoms with Crippen LogP contribution in [0.3, 0.4) is 0 Å². The van der Waals surface area contributed by atoms with Gasteiger partial charge in [-0.3, -0.25) is 4.79 Å². The van der Waals surface area contributed by atoms with Gasteiger partial charge in [-0.1, -0.05) is 15.9 Å². The second-order valence-electron chi connectivity index (χ2n) is 4.91. The Morgan fingerprint density at radius 1 is 0.920 bits per heavy atom. The van der Waals surface area contributed by atoms with Gasteiger partial charge in [-0.25, -0.2) is 0 Å². The number of carbonyl (C=O) groups is 1. The fourth-order valence-corrected chi connectivity index (χ4v) is 2.27. The molecule has 10 heteroatoms. The zero-order valence-electron chi connectivity index (χ0n) is 12.0. The predicted molar refractivity (Wildman–Crippen MR) is 80.2 cm³/mol. The molecule has 0 aromatic heterocycles. The van der Waals surface area contributed by atoms with E-state index in [0.29, 0.717) is 16.6 Å². The first-order chi connectivity index (χ1) is 11.4. The van der Waals surface area contributed by atoms with Gasteiger partial charge in [0, 0.05) is 10.2 Å². The minimum absolute atomic E-state index is 0.0489. The van der Waals surface area contributed by atoms with Crippen molar-refractivity contribution in [3.63, 3.8) is 0 Å². The molecule has 2 N–H and O–H groups in total. The van der Waals surface area contributed by atoms with Gasteiger partial charge >= 0.3 is 12.4 Å².